The number of rotatable bonds is 7. The Morgan fingerprint density at radius 1 is 1.19 bits per heavy atom. The molecule has 2 aromatic carbocycles. The molecule has 2 unspecified atom stereocenters. The Morgan fingerprint density at radius 3 is 2.66 bits per heavy atom. The number of fused-ring (bicyclic) bond motifs is 1. The highest BCUT2D eigenvalue weighted by molar-refractivity contribution is 7.89. The van der Waals surface area contributed by atoms with E-state index in [1.165, 1.54) is 31.2 Å². The van der Waals surface area contributed by atoms with Gasteiger partial charge in [-0.3, -0.25) is 4.79 Å². The molecule has 170 valence electrons. The second-order valence-electron chi connectivity index (χ2n) is 7.93. The van der Waals surface area contributed by atoms with Crippen LogP contribution in [0.4, 0.5) is 5.69 Å². The van der Waals surface area contributed by atoms with Gasteiger partial charge in [-0.1, -0.05) is 18.2 Å². The molecule has 2 aliphatic heterocycles. The maximum absolute atomic E-state index is 12.8. The van der Waals surface area contributed by atoms with Crippen molar-refractivity contribution in [2.24, 2.45) is 0 Å². The van der Waals surface area contributed by atoms with Crippen LogP contribution in [0, 0.1) is 0 Å². The van der Waals surface area contributed by atoms with Gasteiger partial charge in [-0.2, -0.15) is 0 Å². The maximum Gasteiger partial charge on any atom is 0.338 e. The third-order valence-corrected chi connectivity index (χ3v) is 7.15. The monoisotopic (exact) mass is 458 g/mol. The minimum Gasteiger partial charge on any atom is -0.449 e. The summed E-state index contributed by atoms with van der Waals surface area (Å²) in [6.07, 6.45) is 1.44. The average molecular weight is 459 g/mol. The number of nitrogens with zero attached hydrogens (tertiary/aromatic N) is 1. The standard InChI is InChI=1S/C23H26N2O6S/c1-16(22(26)25-13-12-17-5-2-3-7-21(17)25)31-23(27)18-8-10-20(11-9-18)32(28,29)24-15-19-6-4-14-30-19/h2-3,5,7-11,16,19,24H,4,6,12-15H2,1H3. The molecule has 2 heterocycles. The summed E-state index contributed by atoms with van der Waals surface area (Å²) in [6, 6.07) is 13.1. The smallest absolute Gasteiger partial charge is 0.338 e. The number of carbonyl (C=O) groups excluding carboxylic acids is 2. The van der Waals surface area contributed by atoms with E-state index in [1.54, 1.807) is 4.90 Å². The van der Waals surface area contributed by atoms with Crippen LogP contribution in [-0.2, 0) is 30.7 Å². The first kappa shape index (κ1) is 22.4. The lowest BCUT2D eigenvalue weighted by Crippen LogP contribution is -2.39. The number of benzene rings is 2. The summed E-state index contributed by atoms with van der Waals surface area (Å²) in [5, 5.41) is 0. The molecule has 0 spiro atoms. The molecular formula is C23H26N2O6S. The highest BCUT2D eigenvalue weighted by Gasteiger charge is 2.30. The lowest BCUT2D eigenvalue weighted by atomic mass is 10.2. The third-order valence-electron chi connectivity index (χ3n) is 5.71. The molecule has 8 nitrogen and oxygen atoms in total. The van der Waals surface area contributed by atoms with Crippen molar-refractivity contribution < 1.29 is 27.5 Å². The molecule has 0 aliphatic carbocycles. The Balaban J connectivity index is 1.35. The lowest BCUT2D eigenvalue weighted by molar-refractivity contribution is -0.126. The zero-order valence-corrected chi connectivity index (χ0v) is 18.6. The van der Waals surface area contributed by atoms with E-state index in [-0.39, 0.29) is 29.0 Å². The Labute approximate surface area is 187 Å². The van der Waals surface area contributed by atoms with Gasteiger partial charge in [-0.25, -0.2) is 17.9 Å². The second-order valence-corrected chi connectivity index (χ2v) is 9.69. The number of para-hydroxylation sites is 1. The summed E-state index contributed by atoms with van der Waals surface area (Å²) in [4.78, 5) is 27.0. The van der Waals surface area contributed by atoms with Crippen molar-refractivity contribution in [3.05, 3.63) is 59.7 Å². The van der Waals surface area contributed by atoms with E-state index in [2.05, 4.69) is 4.72 Å². The second kappa shape index (κ2) is 9.40. The van der Waals surface area contributed by atoms with Gasteiger partial charge in [0, 0.05) is 25.4 Å². The first-order chi connectivity index (χ1) is 15.3. The molecule has 2 atom stereocenters. The summed E-state index contributed by atoms with van der Waals surface area (Å²) in [7, 11) is -3.71. The number of anilines is 1. The molecule has 0 bridgehead atoms. The minimum atomic E-state index is -3.71. The molecule has 1 amide bonds. The van der Waals surface area contributed by atoms with Gasteiger partial charge in [-0.05, 0) is 62.1 Å². The topological polar surface area (TPSA) is 102 Å². The van der Waals surface area contributed by atoms with Crippen LogP contribution < -0.4 is 9.62 Å². The minimum absolute atomic E-state index is 0.0462. The van der Waals surface area contributed by atoms with Gasteiger partial charge >= 0.3 is 5.97 Å². The van der Waals surface area contributed by atoms with Gasteiger partial charge in [0.2, 0.25) is 10.0 Å². The van der Waals surface area contributed by atoms with Gasteiger partial charge in [0.1, 0.15) is 0 Å². The zero-order valence-electron chi connectivity index (χ0n) is 17.8. The maximum atomic E-state index is 12.8. The zero-order chi connectivity index (χ0) is 22.7. The van der Waals surface area contributed by atoms with Crippen LogP contribution in [0.15, 0.2) is 53.4 Å². The van der Waals surface area contributed by atoms with Crippen molar-refractivity contribution in [1.82, 2.24) is 4.72 Å². The van der Waals surface area contributed by atoms with E-state index in [4.69, 9.17) is 9.47 Å². The third kappa shape index (κ3) is 4.85. The Hall–Kier alpha value is -2.75. The predicted octanol–water partition coefficient (Wildman–Crippen LogP) is 2.28. The summed E-state index contributed by atoms with van der Waals surface area (Å²) < 4.78 is 38.2. The lowest BCUT2D eigenvalue weighted by Gasteiger charge is -2.21. The predicted molar refractivity (Wildman–Crippen MR) is 118 cm³/mol. The number of carbonyl (C=O) groups is 2. The fourth-order valence-corrected chi connectivity index (χ4v) is 4.99. The first-order valence-electron chi connectivity index (χ1n) is 10.7. The average Bonchev–Trinajstić information content (AvgIpc) is 3.47. The quantitative estimate of drug-likeness (QED) is 0.639. The summed E-state index contributed by atoms with van der Waals surface area (Å²) in [6.45, 7) is 2.94. The summed E-state index contributed by atoms with van der Waals surface area (Å²) in [5.74, 6) is -0.976. The van der Waals surface area contributed by atoms with Crippen molar-refractivity contribution in [2.75, 3.05) is 24.6 Å². The molecular weight excluding hydrogens is 432 g/mol. The van der Waals surface area contributed by atoms with Gasteiger partial charge in [0.15, 0.2) is 6.10 Å². The number of nitrogens with one attached hydrogen (secondary N) is 1. The van der Waals surface area contributed by atoms with E-state index < -0.39 is 22.1 Å². The van der Waals surface area contributed by atoms with Crippen molar-refractivity contribution in [2.45, 2.75) is 43.3 Å². The molecule has 2 aliphatic rings. The number of amides is 1. The Bertz CT molecular complexity index is 1090. The van der Waals surface area contributed by atoms with E-state index in [0.29, 0.717) is 13.2 Å². The first-order valence-corrected chi connectivity index (χ1v) is 12.1. The molecule has 0 saturated carbocycles. The largest absolute Gasteiger partial charge is 0.449 e. The van der Waals surface area contributed by atoms with Crippen LogP contribution in [0.2, 0.25) is 0 Å². The summed E-state index contributed by atoms with van der Waals surface area (Å²) in [5.41, 5.74) is 2.10. The van der Waals surface area contributed by atoms with Crippen molar-refractivity contribution >= 4 is 27.6 Å². The van der Waals surface area contributed by atoms with Crippen LogP contribution >= 0.6 is 0 Å². The van der Waals surface area contributed by atoms with Crippen LogP contribution in [0.3, 0.4) is 0 Å². The summed E-state index contributed by atoms with van der Waals surface area (Å²) >= 11 is 0. The van der Waals surface area contributed by atoms with Crippen LogP contribution in [0.5, 0.6) is 0 Å². The highest BCUT2D eigenvalue weighted by Crippen LogP contribution is 2.28. The van der Waals surface area contributed by atoms with Crippen LogP contribution in [0.25, 0.3) is 0 Å². The van der Waals surface area contributed by atoms with E-state index >= 15 is 0 Å². The fraction of sp³-hybridized carbons (Fsp3) is 0.391. The number of esters is 1. The van der Waals surface area contributed by atoms with Gasteiger partial charge in [0.25, 0.3) is 5.91 Å². The Kier molecular flexibility index (Phi) is 6.59. The highest BCUT2D eigenvalue weighted by atomic mass is 32.2. The number of sulfonamides is 1. The van der Waals surface area contributed by atoms with Crippen LogP contribution in [0.1, 0.15) is 35.7 Å². The van der Waals surface area contributed by atoms with Crippen molar-refractivity contribution in [1.29, 1.82) is 0 Å². The molecule has 0 radical (unpaired) electrons. The SMILES string of the molecule is CC(OC(=O)c1ccc(S(=O)(=O)NCC2CCCO2)cc1)C(=O)N1CCc2ccccc21. The van der Waals surface area contributed by atoms with E-state index in [9.17, 15) is 18.0 Å². The molecule has 1 saturated heterocycles. The fourth-order valence-electron chi connectivity index (χ4n) is 3.93. The van der Waals surface area contributed by atoms with Gasteiger partial charge < -0.3 is 14.4 Å². The Morgan fingerprint density at radius 2 is 1.94 bits per heavy atom. The van der Waals surface area contributed by atoms with Crippen molar-refractivity contribution in [3.8, 4) is 0 Å². The van der Waals surface area contributed by atoms with Crippen LogP contribution in [-0.4, -0.2) is 52.2 Å². The molecule has 4 rings (SSSR count). The number of hydrogen-bond donors (Lipinski definition) is 1. The van der Waals surface area contributed by atoms with E-state index in [1.807, 2.05) is 24.3 Å². The molecule has 9 heteroatoms. The molecule has 2 aromatic rings. The van der Waals surface area contributed by atoms with E-state index in [0.717, 1.165) is 30.5 Å². The number of ether oxygens (including phenoxy) is 2. The number of hydrogen-bond acceptors (Lipinski definition) is 6. The molecule has 32 heavy (non-hydrogen) atoms. The molecule has 1 N–H and O–H groups in total. The normalized spacial score (nSPS) is 18.9. The molecule has 0 aromatic heterocycles. The van der Waals surface area contributed by atoms with Gasteiger partial charge in [-0.15, -0.1) is 0 Å². The van der Waals surface area contributed by atoms with Gasteiger partial charge in [0.05, 0.1) is 16.6 Å². The molecule has 1 fully saturated rings. The van der Waals surface area contributed by atoms with Crippen molar-refractivity contribution in [3.63, 3.8) is 0 Å².